The Hall–Kier alpha value is -0.920. The monoisotopic (exact) mass is 398 g/mol. The number of unbranched alkanes of at least 4 members (excludes halogenated alkanes) is 3. The molecule has 0 aliphatic heterocycles. The summed E-state index contributed by atoms with van der Waals surface area (Å²) in [6.45, 7) is 4.56. The van der Waals surface area contributed by atoms with Crippen molar-refractivity contribution in [3.05, 3.63) is 23.8 Å². The van der Waals surface area contributed by atoms with Gasteiger partial charge in [-0.15, -0.1) is 0 Å². The zero-order valence-electron chi connectivity index (χ0n) is 19.4. The fraction of sp³-hybridized carbons (Fsp3) is 0.852. The van der Waals surface area contributed by atoms with Crippen LogP contribution in [0.15, 0.2) is 12.4 Å². The molecule has 0 bridgehead atoms. The molecule has 0 unspecified atom stereocenters. The number of aromatic nitrogens is 2. The molecule has 0 N–H and O–H groups in total. The highest BCUT2D eigenvalue weighted by atomic mass is 14.9. The fourth-order valence-corrected chi connectivity index (χ4v) is 5.76. The van der Waals surface area contributed by atoms with Gasteiger partial charge in [-0.1, -0.05) is 84.5 Å². The van der Waals surface area contributed by atoms with Crippen molar-refractivity contribution in [1.82, 2.24) is 9.97 Å². The van der Waals surface area contributed by atoms with Crippen LogP contribution in [-0.4, -0.2) is 9.97 Å². The molecular formula is C27H46N2. The van der Waals surface area contributed by atoms with Crippen molar-refractivity contribution < 1.29 is 0 Å². The highest BCUT2D eigenvalue weighted by molar-refractivity contribution is 5.08. The van der Waals surface area contributed by atoms with E-state index in [1.54, 1.807) is 0 Å². The molecule has 0 atom stereocenters. The molecule has 0 spiro atoms. The molecule has 2 fully saturated rings. The Bertz CT molecular complexity index is 536. The van der Waals surface area contributed by atoms with E-state index in [1.165, 1.54) is 108 Å². The van der Waals surface area contributed by atoms with Gasteiger partial charge in [0.15, 0.2) is 0 Å². The van der Waals surface area contributed by atoms with Crippen LogP contribution in [-0.2, 0) is 6.42 Å². The molecule has 2 nitrogen and oxygen atoms in total. The van der Waals surface area contributed by atoms with Crippen molar-refractivity contribution in [1.29, 1.82) is 0 Å². The lowest BCUT2D eigenvalue weighted by atomic mass is 9.74. The van der Waals surface area contributed by atoms with Crippen LogP contribution in [0.5, 0.6) is 0 Å². The van der Waals surface area contributed by atoms with Crippen LogP contribution in [0.3, 0.4) is 0 Å². The van der Waals surface area contributed by atoms with Gasteiger partial charge in [0.2, 0.25) is 0 Å². The molecule has 2 aliphatic rings. The predicted molar refractivity (Wildman–Crippen MR) is 124 cm³/mol. The van der Waals surface area contributed by atoms with Crippen molar-refractivity contribution >= 4 is 0 Å². The number of hydrogen-bond donors (Lipinski definition) is 0. The first-order chi connectivity index (χ1) is 14.3. The van der Waals surface area contributed by atoms with Crippen molar-refractivity contribution in [2.75, 3.05) is 0 Å². The third-order valence-electron chi connectivity index (χ3n) is 7.92. The van der Waals surface area contributed by atoms with Crippen molar-refractivity contribution in [2.45, 2.75) is 129 Å². The van der Waals surface area contributed by atoms with Gasteiger partial charge in [0, 0.05) is 18.3 Å². The largest absolute Gasteiger partial charge is 0.241 e. The first-order valence-corrected chi connectivity index (χ1v) is 13.1. The van der Waals surface area contributed by atoms with Gasteiger partial charge in [0.05, 0.1) is 0 Å². The summed E-state index contributed by atoms with van der Waals surface area (Å²) in [4.78, 5) is 9.44. The SMILES string of the molecule is CCCCCC1CCC(CCC2CCC(c3ncc(CCCC)cn3)CC2)CC1. The van der Waals surface area contributed by atoms with E-state index < -0.39 is 0 Å². The molecule has 2 saturated carbocycles. The first-order valence-electron chi connectivity index (χ1n) is 13.1. The summed E-state index contributed by atoms with van der Waals surface area (Å²) in [6.07, 6.45) is 28.1. The van der Waals surface area contributed by atoms with Gasteiger partial charge in [-0.3, -0.25) is 0 Å². The molecule has 2 aliphatic carbocycles. The van der Waals surface area contributed by atoms with Crippen LogP contribution in [0.25, 0.3) is 0 Å². The lowest BCUT2D eigenvalue weighted by molar-refractivity contribution is 0.221. The van der Waals surface area contributed by atoms with Crippen molar-refractivity contribution in [3.8, 4) is 0 Å². The molecule has 164 valence electrons. The third-order valence-corrected chi connectivity index (χ3v) is 7.92. The number of rotatable bonds is 11. The second-order valence-electron chi connectivity index (χ2n) is 10.2. The molecule has 0 aromatic carbocycles. The quantitative estimate of drug-likeness (QED) is 0.350. The van der Waals surface area contributed by atoms with Crippen LogP contribution in [0.1, 0.15) is 134 Å². The van der Waals surface area contributed by atoms with E-state index in [2.05, 4.69) is 26.2 Å². The van der Waals surface area contributed by atoms with E-state index in [0.717, 1.165) is 30.0 Å². The Balaban J connectivity index is 1.30. The molecule has 1 aromatic rings. The standard InChI is InChI=1S/C27H46N2/c1-3-5-7-9-22-10-12-23(13-11-22)14-15-24-16-18-26(19-17-24)27-28-20-25(21-29-27)8-6-4-2/h20-24,26H,3-19H2,1-2H3. The van der Waals surface area contributed by atoms with E-state index in [0.29, 0.717) is 5.92 Å². The Morgan fingerprint density at radius 2 is 1.17 bits per heavy atom. The van der Waals surface area contributed by atoms with E-state index >= 15 is 0 Å². The second kappa shape index (κ2) is 12.7. The molecule has 1 heterocycles. The average molecular weight is 399 g/mol. The molecule has 0 radical (unpaired) electrons. The van der Waals surface area contributed by atoms with Crippen molar-refractivity contribution in [2.24, 2.45) is 17.8 Å². The molecular weight excluding hydrogens is 352 g/mol. The Kier molecular flexibility index (Phi) is 9.97. The van der Waals surface area contributed by atoms with Crippen LogP contribution in [0, 0.1) is 17.8 Å². The Labute approximate surface area is 180 Å². The highest BCUT2D eigenvalue weighted by Crippen LogP contribution is 2.39. The van der Waals surface area contributed by atoms with Gasteiger partial charge in [-0.2, -0.15) is 0 Å². The first kappa shape index (κ1) is 22.8. The normalized spacial score (nSPS) is 27.8. The van der Waals surface area contributed by atoms with E-state index in [1.807, 2.05) is 0 Å². The van der Waals surface area contributed by atoms with Gasteiger partial charge < -0.3 is 0 Å². The topological polar surface area (TPSA) is 25.8 Å². The van der Waals surface area contributed by atoms with Crippen LogP contribution < -0.4 is 0 Å². The third kappa shape index (κ3) is 7.68. The maximum atomic E-state index is 4.72. The highest BCUT2D eigenvalue weighted by Gasteiger charge is 2.26. The Morgan fingerprint density at radius 1 is 0.655 bits per heavy atom. The van der Waals surface area contributed by atoms with E-state index in [9.17, 15) is 0 Å². The maximum absolute atomic E-state index is 4.72. The summed E-state index contributed by atoms with van der Waals surface area (Å²) in [6, 6.07) is 0. The summed E-state index contributed by atoms with van der Waals surface area (Å²) in [5.74, 6) is 4.79. The van der Waals surface area contributed by atoms with Gasteiger partial charge >= 0.3 is 0 Å². The fourth-order valence-electron chi connectivity index (χ4n) is 5.76. The van der Waals surface area contributed by atoms with Gasteiger partial charge in [0.25, 0.3) is 0 Å². The smallest absolute Gasteiger partial charge is 0.131 e. The number of nitrogens with zero attached hydrogens (tertiary/aromatic N) is 2. The predicted octanol–water partition coefficient (Wildman–Crippen LogP) is 8.26. The molecule has 2 heteroatoms. The summed E-state index contributed by atoms with van der Waals surface area (Å²) in [7, 11) is 0. The van der Waals surface area contributed by atoms with Crippen LogP contribution in [0.4, 0.5) is 0 Å². The minimum Gasteiger partial charge on any atom is -0.241 e. The second-order valence-corrected chi connectivity index (χ2v) is 10.2. The van der Waals surface area contributed by atoms with Crippen LogP contribution >= 0.6 is 0 Å². The summed E-state index contributed by atoms with van der Waals surface area (Å²) >= 11 is 0. The summed E-state index contributed by atoms with van der Waals surface area (Å²) in [5.41, 5.74) is 1.31. The number of aryl methyl sites for hydroxylation is 1. The number of hydrogen-bond acceptors (Lipinski definition) is 2. The summed E-state index contributed by atoms with van der Waals surface area (Å²) in [5, 5.41) is 0. The zero-order valence-corrected chi connectivity index (χ0v) is 19.4. The molecule has 0 amide bonds. The van der Waals surface area contributed by atoms with E-state index in [4.69, 9.17) is 9.97 Å². The van der Waals surface area contributed by atoms with Gasteiger partial charge in [0.1, 0.15) is 5.82 Å². The lowest BCUT2D eigenvalue weighted by Crippen LogP contribution is -2.18. The van der Waals surface area contributed by atoms with Gasteiger partial charge in [-0.25, -0.2) is 9.97 Å². The minimum atomic E-state index is 0.616. The maximum Gasteiger partial charge on any atom is 0.131 e. The molecule has 1 aromatic heterocycles. The minimum absolute atomic E-state index is 0.616. The van der Waals surface area contributed by atoms with Crippen molar-refractivity contribution in [3.63, 3.8) is 0 Å². The molecule has 29 heavy (non-hydrogen) atoms. The molecule has 0 saturated heterocycles. The average Bonchev–Trinajstić information content (AvgIpc) is 2.78. The zero-order chi connectivity index (χ0) is 20.3. The Morgan fingerprint density at radius 3 is 1.72 bits per heavy atom. The molecule has 3 rings (SSSR count). The van der Waals surface area contributed by atoms with Gasteiger partial charge in [-0.05, 0) is 61.8 Å². The summed E-state index contributed by atoms with van der Waals surface area (Å²) < 4.78 is 0. The lowest BCUT2D eigenvalue weighted by Gasteiger charge is -2.31. The van der Waals surface area contributed by atoms with Crippen LogP contribution in [0.2, 0.25) is 0 Å². The van der Waals surface area contributed by atoms with E-state index in [-0.39, 0.29) is 0 Å².